The van der Waals surface area contributed by atoms with Crippen molar-refractivity contribution in [2.45, 2.75) is 19.6 Å². The van der Waals surface area contributed by atoms with Gasteiger partial charge in [-0.15, -0.1) is 0 Å². The molecule has 2 N–H and O–H groups in total. The molecule has 0 fully saturated rings. The lowest BCUT2D eigenvalue weighted by atomic mass is 10.1. The molecular weight excluding hydrogens is 329 g/mol. The highest BCUT2D eigenvalue weighted by atomic mass is 19.1. The van der Waals surface area contributed by atoms with E-state index in [0.717, 1.165) is 17.7 Å². The van der Waals surface area contributed by atoms with Gasteiger partial charge in [-0.2, -0.15) is 0 Å². The molecule has 26 heavy (non-hydrogen) atoms. The highest BCUT2D eigenvalue weighted by Gasteiger charge is 2.01. The number of nitrogens with zero attached hydrogens (tertiary/aromatic N) is 3. The Morgan fingerprint density at radius 3 is 2.42 bits per heavy atom. The van der Waals surface area contributed by atoms with Crippen LogP contribution in [0.1, 0.15) is 16.7 Å². The van der Waals surface area contributed by atoms with Crippen LogP contribution in [0.3, 0.4) is 0 Å². The van der Waals surface area contributed by atoms with E-state index in [-0.39, 0.29) is 5.82 Å². The smallest absolute Gasteiger partial charge is 0.191 e. The Bertz CT molecular complexity index is 841. The maximum atomic E-state index is 13.2. The van der Waals surface area contributed by atoms with Gasteiger partial charge in [-0.3, -0.25) is 4.99 Å². The standard InChI is InChI=1S/C20H22FN5/c1-22-20(25-13-18-3-2-4-19(21)11-18)24-12-16-5-7-17(8-6-16)14-26-10-9-23-15-26/h2-11,15H,12-14H2,1H3,(H2,22,24,25). The minimum Gasteiger partial charge on any atom is -0.352 e. The van der Waals surface area contributed by atoms with Crippen LogP contribution >= 0.6 is 0 Å². The molecule has 0 aliphatic heterocycles. The fourth-order valence-electron chi connectivity index (χ4n) is 2.59. The lowest BCUT2D eigenvalue weighted by Crippen LogP contribution is -2.36. The Morgan fingerprint density at radius 1 is 1.04 bits per heavy atom. The van der Waals surface area contributed by atoms with Gasteiger partial charge in [-0.1, -0.05) is 36.4 Å². The van der Waals surface area contributed by atoms with E-state index in [2.05, 4.69) is 44.9 Å². The van der Waals surface area contributed by atoms with Crippen molar-refractivity contribution in [1.82, 2.24) is 20.2 Å². The Labute approximate surface area is 152 Å². The molecule has 0 atom stereocenters. The van der Waals surface area contributed by atoms with Gasteiger partial charge in [-0.25, -0.2) is 9.37 Å². The SMILES string of the molecule is CN=C(NCc1ccc(Cn2ccnc2)cc1)NCc1cccc(F)c1. The van der Waals surface area contributed by atoms with Gasteiger partial charge in [0.05, 0.1) is 6.33 Å². The molecule has 0 aliphatic carbocycles. The first-order valence-electron chi connectivity index (χ1n) is 8.45. The van der Waals surface area contributed by atoms with Crippen molar-refractivity contribution in [3.05, 3.63) is 89.8 Å². The molecule has 5 nitrogen and oxygen atoms in total. The zero-order valence-electron chi connectivity index (χ0n) is 14.7. The van der Waals surface area contributed by atoms with Crippen molar-refractivity contribution >= 4 is 5.96 Å². The summed E-state index contributed by atoms with van der Waals surface area (Å²) in [5, 5.41) is 6.45. The van der Waals surface area contributed by atoms with E-state index in [1.165, 1.54) is 17.7 Å². The topological polar surface area (TPSA) is 54.2 Å². The second-order valence-electron chi connectivity index (χ2n) is 5.96. The van der Waals surface area contributed by atoms with E-state index >= 15 is 0 Å². The van der Waals surface area contributed by atoms with Gasteiger partial charge in [0.2, 0.25) is 0 Å². The largest absolute Gasteiger partial charge is 0.352 e. The van der Waals surface area contributed by atoms with Crippen LogP contribution in [0.25, 0.3) is 0 Å². The fourth-order valence-corrected chi connectivity index (χ4v) is 2.59. The van der Waals surface area contributed by atoms with E-state index in [0.29, 0.717) is 19.0 Å². The zero-order valence-corrected chi connectivity index (χ0v) is 14.7. The normalized spacial score (nSPS) is 11.4. The molecule has 0 saturated heterocycles. The van der Waals surface area contributed by atoms with Crippen LogP contribution in [-0.2, 0) is 19.6 Å². The summed E-state index contributed by atoms with van der Waals surface area (Å²) in [6.45, 7) is 1.99. The summed E-state index contributed by atoms with van der Waals surface area (Å²) in [5.74, 6) is 0.444. The summed E-state index contributed by atoms with van der Waals surface area (Å²) >= 11 is 0. The second-order valence-corrected chi connectivity index (χ2v) is 5.96. The van der Waals surface area contributed by atoms with Crippen LogP contribution < -0.4 is 10.6 Å². The molecular formula is C20H22FN5. The van der Waals surface area contributed by atoms with Gasteiger partial charge in [0.1, 0.15) is 5.82 Å². The van der Waals surface area contributed by atoms with Crippen LogP contribution in [0.4, 0.5) is 4.39 Å². The Kier molecular flexibility index (Phi) is 5.98. The number of benzene rings is 2. The highest BCUT2D eigenvalue weighted by Crippen LogP contribution is 2.07. The molecule has 3 rings (SSSR count). The third-order valence-electron chi connectivity index (χ3n) is 3.98. The zero-order chi connectivity index (χ0) is 18.2. The number of halogens is 1. The minimum absolute atomic E-state index is 0.233. The molecule has 134 valence electrons. The van der Waals surface area contributed by atoms with Crippen LogP contribution in [0.15, 0.2) is 72.2 Å². The first-order valence-corrected chi connectivity index (χ1v) is 8.45. The van der Waals surface area contributed by atoms with E-state index in [1.54, 1.807) is 19.3 Å². The fraction of sp³-hybridized carbons (Fsp3) is 0.200. The van der Waals surface area contributed by atoms with E-state index in [1.807, 2.05) is 23.2 Å². The molecule has 1 heterocycles. The predicted octanol–water partition coefficient (Wildman–Crippen LogP) is 2.94. The molecule has 2 aromatic carbocycles. The van der Waals surface area contributed by atoms with Gasteiger partial charge in [0.15, 0.2) is 5.96 Å². The molecule has 0 radical (unpaired) electrons. The summed E-state index contributed by atoms with van der Waals surface area (Å²) in [6, 6.07) is 14.9. The maximum Gasteiger partial charge on any atom is 0.191 e. The third kappa shape index (κ3) is 5.17. The van der Waals surface area contributed by atoms with Gasteiger partial charge < -0.3 is 15.2 Å². The van der Waals surface area contributed by atoms with Gasteiger partial charge in [0, 0.05) is 39.1 Å². The molecule has 3 aromatic rings. The van der Waals surface area contributed by atoms with Crippen LogP contribution in [-0.4, -0.2) is 22.6 Å². The minimum atomic E-state index is -0.233. The maximum absolute atomic E-state index is 13.2. The summed E-state index contributed by atoms with van der Waals surface area (Å²) < 4.78 is 15.2. The lowest BCUT2D eigenvalue weighted by Gasteiger charge is -2.12. The quantitative estimate of drug-likeness (QED) is 0.530. The number of hydrogen-bond acceptors (Lipinski definition) is 2. The molecule has 0 unspecified atom stereocenters. The van der Waals surface area contributed by atoms with Crippen molar-refractivity contribution < 1.29 is 4.39 Å². The number of rotatable bonds is 6. The van der Waals surface area contributed by atoms with Crippen molar-refractivity contribution in [2.75, 3.05) is 7.05 Å². The van der Waals surface area contributed by atoms with Crippen molar-refractivity contribution in [1.29, 1.82) is 0 Å². The van der Waals surface area contributed by atoms with E-state index in [9.17, 15) is 4.39 Å². The average Bonchev–Trinajstić information content (AvgIpc) is 3.16. The Balaban J connectivity index is 1.48. The summed E-state index contributed by atoms with van der Waals surface area (Å²) in [7, 11) is 1.72. The number of aromatic nitrogens is 2. The summed E-state index contributed by atoms with van der Waals surface area (Å²) in [5.41, 5.74) is 3.25. The van der Waals surface area contributed by atoms with E-state index < -0.39 is 0 Å². The molecule has 0 aliphatic rings. The van der Waals surface area contributed by atoms with Crippen molar-refractivity contribution in [3.8, 4) is 0 Å². The van der Waals surface area contributed by atoms with Gasteiger partial charge in [-0.05, 0) is 28.8 Å². The molecule has 0 amide bonds. The van der Waals surface area contributed by atoms with Crippen molar-refractivity contribution in [3.63, 3.8) is 0 Å². The third-order valence-corrected chi connectivity index (χ3v) is 3.98. The molecule has 0 saturated carbocycles. The van der Waals surface area contributed by atoms with Crippen LogP contribution in [0.2, 0.25) is 0 Å². The average molecular weight is 351 g/mol. The second kappa shape index (κ2) is 8.80. The monoisotopic (exact) mass is 351 g/mol. The molecule has 0 bridgehead atoms. The summed E-state index contributed by atoms with van der Waals surface area (Å²) in [6.07, 6.45) is 5.54. The van der Waals surface area contributed by atoms with Gasteiger partial charge in [0.25, 0.3) is 0 Å². The molecule has 0 spiro atoms. The van der Waals surface area contributed by atoms with E-state index in [4.69, 9.17) is 0 Å². The Morgan fingerprint density at radius 2 is 1.77 bits per heavy atom. The number of hydrogen-bond donors (Lipinski definition) is 2. The predicted molar refractivity (Wildman–Crippen MR) is 101 cm³/mol. The number of guanidine groups is 1. The number of imidazole rings is 1. The lowest BCUT2D eigenvalue weighted by molar-refractivity contribution is 0.624. The first-order chi connectivity index (χ1) is 12.7. The van der Waals surface area contributed by atoms with Gasteiger partial charge >= 0.3 is 0 Å². The number of nitrogens with one attached hydrogen (secondary N) is 2. The Hall–Kier alpha value is -3.15. The number of aliphatic imine (C=N–C) groups is 1. The molecule has 1 aromatic heterocycles. The van der Waals surface area contributed by atoms with Crippen LogP contribution in [0, 0.1) is 5.82 Å². The summed E-state index contributed by atoms with van der Waals surface area (Å²) in [4.78, 5) is 8.25. The highest BCUT2D eigenvalue weighted by molar-refractivity contribution is 5.79. The van der Waals surface area contributed by atoms with Crippen molar-refractivity contribution in [2.24, 2.45) is 4.99 Å². The molecule has 6 heteroatoms. The first kappa shape index (κ1) is 17.7. The van der Waals surface area contributed by atoms with Crippen LogP contribution in [0.5, 0.6) is 0 Å².